The van der Waals surface area contributed by atoms with E-state index in [2.05, 4.69) is 33.9 Å². The maximum Gasteiger partial charge on any atom is 0.224 e. The van der Waals surface area contributed by atoms with Crippen LogP contribution in [0.3, 0.4) is 0 Å². The second-order valence-corrected chi connectivity index (χ2v) is 6.13. The van der Waals surface area contributed by atoms with Crippen LogP contribution in [0, 0.1) is 18.2 Å². The number of benzene rings is 1. The van der Waals surface area contributed by atoms with Crippen molar-refractivity contribution in [3.05, 3.63) is 28.0 Å². The molecule has 1 aromatic carbocycles. The lowest BCUT2D eigenvalue weighted by Crippen LogP contribution is -2.18. The summed E-state index contributed by atoms with van der Waals surface area (Å²) in [5.41, 5.74) is 1.47. The van der Waals surface area contributed by atoms with Crippen LogP contribution in [0.1, 0.15) is 24.8 Å². The molecule has 1 saturated carbocycles. The van der Waals surface area contributed by atoms with Crippen molar-refractivity contribution >= 4 is 40.2 Å². The van der Waals surface area contributed by atoms with Crippen molar-refractivity contribution in [2.75, 3.05) is 11.1 Å². The van der Waals surface area contributed by atoms with E-state index in [-0.39, 0.29) is 17.1 Å². The largest absolute Gasteiger partial charge is 0.326 e. The number of thiol groups is 1. The number of carbonyl (C=O) groups is 1. The molecule has 2 rings (SSSR count). The van der Waals surface area contributed by atoms with E-state index in [1.165, 1.54) is 6.07 Å². The Bertz CT molecular complexity index is 488. The zero-order chi connectivity index (χ0) is 13.3. The molecular formula is C13H15BrFNOS. The minimum Gasteiger partial charge on any atom is -0.326 e. The highest BCUT2D eigenvalue weighted by Crippen LogP contribution is 2.49. The minimum atomic E-state index is -0.320. The minimum absolute atomic E-state index is 0.0249. The molecule has 1 aliphatic carbocycles. The number of anilines is 1. The Balaban J connectivity index is 2.05. The van der Waals surface area contributed by atoms with E-state index in [1.807, 2.05) is 0 Å². The highest BCUT2D eigenvalue weighted by molar-refractivity contribution is 9.10. The molecule has 0 saturated heterocycles. The first-order valence-electron chi connectivity index (χ1n) is 5.82. The molecule has 0 unspecified atom stereocenters. The Morgan fingerprint density at radius 3 is 2.78 bits per heavy atom. The van der Waals surface area contributed by atoms with Gasteiger partial charge >= 0.3 is 0 Å². The fraction of sp³-hybridized carbons (Fsp3) is 0.462. The third-order valence-electron chi connectivity index (χ3n) is 3.37. The molecule has 1 aromatic rings. The number of halogens is 2. The molecule has 1 N–H and O–H groups in total. The lowest BCUT2D eigenvalue weighted by atomic mass is 10.0. The predicted octanol–water partition coefficient (Wildman–Crippen LogP) is 3.94. The van der Waals surface area contributed by atoms with E-state index in [9.17, 15) is 9.18 Å². The summed E-state index contributed by atoms with van der Waals surface area (Å²) in [5, 5.41) is 2.84. The van der Waals surface area contributed by atoms with Gasteiger partial charge in [-0.2, -0.15) is 12.6 Å². The quantitative estimate of drug-likeness (QED) is 0.804. The average Bonchev–Trinajstić information content (AvgIpc) is 3.06. The Morgan fingerprint density at radius 2 is 2.22 bits per heavy atom. The Hall–Kier alpha value is -0.550. The zero-order valence-electron chi connectivity index (χ0n) is 10.1. The molecule has 0 aliphatic heterocycles. The average molecular weight is 332 g/mol. The van der Waals surface area contributed by atoms with Gasteiger partial charge in [-0.1, -0.05) is 0 Å². The molecule has 0 spiro atoms. The van der Waals surface area contributed by atoms with Gasteiger partial charge in [0, 0.05) is 12.1 Å². The number of hydrogen-bond donors (Lipinski definition) is 2. The molecule has 0 bridgehead atoms. The fourth-order valence-corrected chi connectivity index (χ4v) is 2.65. The lowest BCUT2D eigenvalue weighted by Gasteiger charge is -2.13. The first-order valence-corrected chi connectivity index (χ1v) is 7.25. The normalized spacial score (nSPS) is 16.4. The van der Waals surface area contributed by atoms with E-state index in [0.29, 0.717) is 16.6 Å². The van der Waals surface area contributed by atoms with Crippen LogP contribution in [0.25, 0.3) is 0 Å². The van der Waals surface area contributed by atoms with Crippen molar-refractivity contribution in [1.29, 1.82) is 0 Å². The molecule has 18 heavy (non-hydrogen) atoms. The topological polar surface area (TPSA) is 29.1 Å². The van der Waals surface area contributed by atoms with Gasteiger partial charge in [0.2, 0.25) is 5.91 Å². The summed E-state index contributed by atoms with van der Waals surface area (Å²) < 4.78 is 13.6. The highest BCUT2D eigenvalue weighted by Gasteiger charge is 2.42. The van der Waals surface area contributed by atoms with Gasteiger partial charge < -0.3 is 5.32 Å². The third-order valence-corrected chi connectivity index (χ3v) is 4.65. The van der Waals surface area contributed by atoms with Crippen LogP contribution in [0.5, 0.6) is 0 Å². The summed E-state index contributed by atoms with van der Waals surface area (Å²) >= 11 is 7.40. The highest BCUT2D eigenvalue weighted by atomic mass is 79.9. The van der Waals surface area contributed by atoms with Crippen LogP contribution in [0.15, 0.2) is 16.6 Å². The summed E-state index contributed by atoms with van der Waals surface area (Å²) in [6.07, 6.45) is 2.62. The second-order valence-electron chi connectivity index (χ2n) is 4.96. The summed E-state index contributed by atoms with van der Waals surface area (Å²) in [6.45, 7) is 1.77. The summed E-state index contributed by atoms with van der Waals surface area (Å²) in [4.78, 5) is 11.9. The Morgan fingerprint density at radius 1 is 1.56 bits per heavy atom. The van der Waals surface area contributed by atoms with Crippen molar-refractivity contribution in [2.45, 2.75) is 26.2 Å². The van der Waals surface area contributed by atoms with Gasteiger partial charge in [0.05, 0.1) is 4.47 Å². The van der Waals surface area contributed by atoms with E-state index < -0.39 is 0 Å². The molecule has 1 fully saturated rings. The SMILES string of the molecule is Cc1cc(F)c(Br)cc1NC(=O)CC1(CS)CC1. The Labute approximate surface area is 120 Å². The molecule has 0 radical (unpaired) electrons. The second kappa shape index (κ2) is 5.21. The molecule has 1 amide bonds. The van der Waals surface area contributed by atoms with E-state index in [1.54, 1.807) is 13.0 Å². The van der Waals surface area contributed by atoms with E-state index in [4.69, 9.17) is 0 Å². The molecule has 1 aliphatic rings. The van der Waals surface area contributed by atoms with Crippen LogP contribution < -0.4 is 5.32 Å². The van der Waals surface area contributed by atoms with Crippen molar-refractivity contribution in [3.8, 4) is 0 Å². The van der Waals surface area contributed by atoms with Gasteiger partial charge in [-0.15, -0.1) is 0 Å². The number of aryl methyl sites for hydroxylation is 1. The number of carbonyl (C=O) groups excluding carboxylic acids is 1. The number of amides is 1. The van der Waals surface area contributed by atoms with Crippen LogP contribution in [0.2, 0.25) is 0 Å². The summed E-state index contributed by atoms with van der Waals surface area (Å²) in [6, 6.07) is 3.01. The first kappa shape index (κ1) is 13.9. The van der Waals surface area contributed by atoms with Crippen LogP contribution >= 0.6 is 28.6 Å². The van der Waals surface area contributed by atoms with Gasteiger partial charge in [-0.25, -0.2) is 4.39 Å². The van der Waals surface area contributed by atoms with E-state index >= 15 is 0 Å². The predicted molar refractivity (Wildman–Crippen MR) is 77.6 cm³/mol. The maximum absolute atomic E-state index is 13.3. The van der Waals surface area contributed by atoms with E-state index in [0.717, 1.165) is 24.2 Å². The molecular weight excluding hydrogens is 317 g/mol. The van der Waals surface area contributed by atoms with Gasteiger partial charge in [-0.05, 0) is 64.6 Å². The number of nitrogens with one attached hydrogen (secondary N) is 1. The van der Waals surface area contributed by atoms with Gasteiger partial charge in [0.1, 0.15) is 5.82 Å². The standard InChI is InChI=1S/C13H15BrFNOS/c1-8-4-10(15)9(14)5-11(8)16-12(17)6-13(7-18)2-3-13/h4-5,18H,2-3,6-7H2,1H3,(H,16,17). The van der Waals surface area contributed by atoms with Crippen molar-refractivity contribution in [3.63, 3.8) is 0 Å². The van der Waals surface area contributed by atoms with Crippen LogP contribution in [0.4, 0.5) is 10.1 Å². The summed E-state index contributed by atoms with van der Waals surface area (Å²) in [5.74, 6) is 0.398. The molecule has 5 heteroatoms. The number of hydrogen-bond acceptors (Lipinski definition) is 2. The first-order chi connectivity index (χ1) is 8.46. The van der Waals surface area contributed by atoms with Crippen molar-refractivity contribution < 1.29 is 9.18 Å². The van der Waals surface area contributed by atoms with Gasteiger partial charge in [-0.3, -0.25) is 4.79 Å². The summed E-state index contributed by atoms with van der Waals surface area (Å²) in [7, 11) is 0. The van der Waals surface area contributed by atoms with Gasteiger partial charge in [0.25, 0.3) is 0 Å². The van der Waals surface area contributed by atoms with Crippen LogP contribution in [-0.4, -0.2) is 11.7 Å². The molecule has 98 valence electrons. The zero-order valence-corrected chi connectivity index (χ0v) is 12.6. The number of rotatable bonds is 4. The molecule has 2 nitrogen and oxygen atoms in total. The Kier molecular flexibility index (Phi) is 4.02. The maximum atomic E-state index is 13.3. The van der Waals surface area contributed by atoms with Crippen molar-refractivity contribution in [2.24, 2.45) is 5.41 Å². The van der Waals surface area contributed by atoms with Crippen LogP contribution in [-0.2, 0) is 4.79 Å². The van der Waals surface area contributed by atoms with Gasteiger partial charge in [0.15, 0.2) is 0 Å². The monoisotopic (exact) mass is 331 g/mol. The third kappa shape index (κ3) is 3.06. The smallest absolute Gasteiger partial charge is 0.224 e. The molecule has 0 heterocycles. The molecule has 0 atom stereocenters. The lowest BCUT2D eigenvalue weighted by molar-refractivity contribution is -0.117. The molecule has 0 aromatic heterocycles. The van der Waals surface area contributed by atoms with Crippen molar-refractivity contribution in [1.82, 2.24) is 0 Å². The fourth-order valence-electron chi connectivity index (χ4n) is 1.88.